The van der Waals surface area contributed by atoms with E-state index >= 15 is 0 Å². The monoisotopic (exact) mass is 466 g/mol. The number of methoxy groups -OCH3 is 1. The predicted molar refractivity (Wildman–Crippen MR) is 131 cm³/mol. The summed E-state index contributed by atoms with van der Waals surface area (Å²) in [4.78, 5) is 0. The van der Waals surface area contributed by atoms with Gasteiger partial charge in [-0.3, -0.25) is 0 Å². The van der Waals surface area contributed by atoms with Crippen molar-refractivity contribution in [2.45, 2.75) is 108 Å². The average molecular weight is 467 g/mol. The maximum absolute atomic E-state index is 12.2. The second kappa shape index (κ2) is 6.35. The highest BCUT2D eigenvalue weighted by Crippen LogP contribution is 2.80. The van der Waals surface area contributed by atoms with E-state index in [4.69, 9.17) is 9.47 Å². The number of hydrogen-bond donors (Lipinski definition) is 2. The van der Waals surface area contributed by atoms with Gasteiger partial charge in [0.15, 0.2) is 11.5 Å². The van der Waals surface area contributed by atoms with Crippen LogP contribution in [0.2, 0.25) is 0 Å². The first-order chi connectivity index (χ1) is 16.0. The van der Waals surface area contributed by atoms with Gasteiger partial charge in [0.2, 0.25) is 0 Å². The van der Waals surface area contributed by atoms with Crippen LogP contribution in [0.15, 0.2) is 12.1 Å². The molecular weight excluding hydrogens is 424 g/mol. The van der Waals surface area contributed by atoms with Crippen LogP contribution in [-0.2, 0) is 16.6 Å². The number of phenols is 1. The molecule has 5 fully saturated rings. The Balaban J connectivity index is 1.47. The Kier molecular flexibility index (Phi) is 4.10. The van der Waals surface area contributed by atoms with Crippen molar-refractivity contribution in [2.24, 2.45) is 34.5 Å². The zero-order valence-corrected chi connectivity index (χ0v) is 21.6. The van der Waals surface area contributed by atoms with Crippen LogP contribution in [0, 0.1) is 34.5 Å². The van der Waals surface area contributed by atoms with E-state index in [1.54, 1.807) is 0 Å². The lowest BCUT2D eigenvalue weighted by molar-refractivity contribution is -0.314. The van der Waals surface area contributed by atoms with Gasteiger partial charge in [-0.2, -0.15) is 0 Å². The van der Waals surface area contributed by atoms with Gasteiger partial charge in [-0.1, -0.05) is 39.7 Å². The maximum atomic E-state index is 12.2. The Labute approximate surface area is 204 Å². The van der Waals surface area contributed by atoms with Crippen molar-refractivity contribution in [1.29, 1.82) is 0 Å². The van der Waals surface area contributed by atoms with Crippen LogP contribution >= 0.6 is 0 Å². The lowest BCUT2D eigenvalue weighted by Gasteiger charge is -2.75. The molecule has 8 rings (SSSR count). The maximum Gasteiger partial charge on any atom is 0.165 e. The molecule has 1 aromatic rings. The van der Waals surface area contributed by atoms with Crippen LogP contribution in [0.5, 0.6) is 11.5 Å². The van der Waals surface area contributed by atoms with Gasteiger partial charge in [0.05, 0.1) is 5.60 Å². The topological polar surface area (TPSA) is 58.9 Å². The molecule has 7 aliphatic rings. The van der Waals surface area contributed by atoms with Gasteiger partial charge in [0.1, 0.15) is 11.7 Å². The molecule has 34 heavy (non-hydrogen) atoms. The van der Waals surface area contributed by atoms with E-state index in [2.05, 4.69) is 26.8 Å². The fraction of sp³-hybridized carbons (Fsp3) is 0.800. The molecule has 1 heterocycles. The molecule has 8 atom stereocenters. The number of benzene rings is 1. The highest BCUT2D eigenvalue weighted by Gasteiger charge is 2.82. The fourth-order valence-corrected chi connectivity index (χ4v) is 10.2. The van der Waals surface area contributed by atoms with E-state index in [0.29, 0.717) is 5.92 Å². The number of aliphatic hydroxyl groups is 1. The van der Waals surface area contributed by atoms with Crippen LogP contribution in [0.1, 0.15) is 90.2 Å². The molecule has 5 saturated carbocycles. The first-order valence-corrected chi connectivity index (χ1v) is 13.8. The number of fused-ring (bicyclic) bond motifs is 2. The minimum Gasteiger partial charge on any atom is -0.504 e. The van der Waals surface area contributed by atoms with Crippen LogP contribution < -0.4 is 4.74 Å². The zero-order valence-electron chi connectivity index (χ0n) is 21.6. The molecule has 0 saturated heterocycles. The summed E-state index contributed by atoms with van der Waals surface area (Å²) < 4.78 is 13.5. The van der Waals surface area contributed by atoms with E-state index in [1.165, 1.54) is 36.8 Å². The normalized spacial score (nSPS) is 45.5. The first kappa shape index (κ1) is 22.0. The van der Waals surface area contributed by atoms with E-state index < -0.39 is 11.2 Å². The smallest absolute Gasteiger partial charge is 0.165 e. The lowest BCUT2D eigenvalue weighted by Crippen LogP contribution is -2.80. The van der Waals surface area contributed by atoms with Crippen molar-refractivity contribution < 1.29 is 19.7 Å². The first-order valence-electron chi connectivity index (χ1n) is 13.8. The Morgan fingerprint density at radius 1 is 1.09 bits per heavy atom. The molecule has 0 amide bonds. The van der Waals surface area contributed by atoms with Crippen molar-refractivity contribution in [3.8, 4) is 11.5 Å². The molecule has 1 unspecified atom stereocenters. The third kappa shape index (κ3) is 2.26. The third-order valence-corrected chi connectivity index (χ3v) is 12.3. The van der Waals surface area contributed by atoms with E-state index in [0.717, 1.165) is 49.7 Å². The molecule has 0 aromatic heterocycles. The molecule has 0 radical (unpaired) electrons. The molecule has 2 N–H and O–H groups in total. The number of rotatable bonds is 4. The quantitative estimate of drug-likeness (QED) is 0.593. The molecule has 1 aromatic carbocycles. The minimum absolute atomic E-state index is 0.00273. The predicted octanol–water partition coefficient (Wildman–Crippen LogP) is 5.76. The van der Waals surface area contributed by atoms with Gasteiger partial charge >= 0.3 is 0 Å². The second-order valence-corrected chi connectivity index (χ2v) is 14.2. The molecule has 2 spiro atoms. The van der Waals surface area contributed by atoms with Gasteiger partial charge in [0.25, 0.3) is 0 Å². The summed E-state index contributed by atoms with van der Waals surface area (Å²) in [6, 6.07) is 4.04. The molecule has 6 aliphatic carbocycles. The largest absolute Gasteiger partial charge is 0.504 e. The highest BCUT2D eigenvalue weighted by atomic mass is 16.6. The van der Waals surface area contributed by atoms with Gasteiger partial charge in [0, 0.05) is 24.0 Å². The Bertz CT molecular complexity index is 1050. The van der Waals surface area contributed by atoms with Crippen molar-refractivity contribution in [2.75, 3.05) is 7.11 Å². The Hall–Kier alpha value is -1.26. The van der Waals surface area contributed by atoms with Gasteiger partial charge in [-0.25, -0.2) is 0 Å². The molecular formula is C30H42O4. The van der Waals surface area contributed by atoms with Gasteiger partial charge < -0.3 is 19.7 Å². The summed E-state index contributed by atoms with van der Waals surface area (Å²) in [7, 11) is 1.84. The summed E-state index contributed by atoms with van der Waals surface area (Å²) in [6.07, 6.45) is 10.6. The standard InChI is InChI=1S/C30H42O4/c1-26(2,3)27(4,32)22-16-28-12-13-30(22,33-5)25-29(28)11-10-18(14-17-6-7-17)20(28)15-19-8-9-21(31)24(34-25)23(19)29/h8-9,17-18,20,22,25,31-32H,6-7,10-16H2,1-5H3/t18?,20-,22+,25+,27-,28+,29-,30-/m0/s1. The van der Waals surface area contributed by atoms with Gasteiger partial charge in [-0.15, -0.1) is 0 Å². The highest BCUT2D eigenvalue weighted by molar-refractivity contribution is 5.63. The number of hydrogen-bond acceptors (Lipinski definition) is 4. The molecule has 4 nitrogen and oxygen atoms in total. The van der Waals surface area contributed by atoms with E-state index in [-0.39, 0.29) is 34.0 Å². The molecule has 4 heteroatoms. The van der Waals surface area contributed by atoms with Crippen molar-refractivity contribution in [3.63, 3.8) is 0 Å². The number of aromatic hydroxyl groups is 1. The summed E-state index contributed by atoms with van der Waals surface area (Å²) >= 11 is 0. The summed E-state index contributed by atoms with van der Waals surface area (Å²) in [6.45, 7) is 8.54. The van der Waals surface area contributed by atoms with E-state index in [1.807, 2.05) is 20.1 Å². The summed E-state index contributed by atoms with van der Waals surface area (Å²) in [5.41, 5.74) is 1.02. The SMILES string of the molecule is CO[C@@]12CC[C@@]3(C[C@@H]1[C@](C)(O)C(C)(C)C)[C@H]1Cc4ccc(O)c5c4[C@@]3(CCC1CC1CC1)[C@H]2O5. The second-order valence-electron chi connectivity index (χ2n) is 14.2. The molecule has 186 valence electrons. The van der Waals surface area contributed by atoms with Crippen LogP contribution in [0.4, 0.5) is 0 Å². The van der Waals surface area contributed by atoms with Crippen LogP contribution in [0.25, 0.3) is 0 Å². The van der Waals surface area contributed by atoms with Crippen LogP contribution in [-0.4, -0.2) is 34.6 Å². The minimum atomic E-state index is -0.890. The fourth-order valence-electron chi connectivity index (χ4n) is 10.2. The van der Waals surface area contributed by atoms with Crippen LogP contribution in [0.3, 0.4) is 0 Å². The van der Waals surface area contributed by atoms with Crippen molar-refractivity contribution >= 4 is 0 Å². The third-order valence-electron chi connectivity index (χ3n) is 12.3. The van der Waals surface area contributed by atoms with Crippen molar-refractivity contribution in [3.05, 3.63) is 23.3 Å². The molecule has 4 bridgehead atoms. The lowest BCUT2D eigenvalue weighted by atomic mass is 9.30. The number of phenolic OH excluding ortho intramolecular Hbond substituents is 1. The summed E-state index contributed by atoms with van der Waals surface area (Å²) in [5, 5.41) is 23.2. The average Bonchev–Trinajstić information content (AvgIpc) is 3.53. The Morgan fingerprint density at radius 3 is 2.53 bits per heavy atom. The molecule has 1 aliphatic heterocycles. The Morgan fingerprint density at radius 2 is 1.85 bits per heavy atom. The summed E-state index contributed by atoms with van der Waals surface area (Å²) in [5.74, 6) is 3.33. The number of ether oxygens (including phenoxy) is 2. The van der Waals surface area contributed by atoms with Gasteiger partial charge in [-0.05, 0) is 92.1 Å². The van der Waals surface area contributed by atoms with Crippen molar-refractivity contribution in [1.82, 2.24) is 0 Å². The van der Waals surface area contributed by atoms with E-state index in [9.17, 15) is 10.2 Å². The zero-order chi connectivity index (χ0) is 23.9.